The van der Waals surface area contributed by atoms with E-state index in [1.54, 1.807) is 0 Å². The Hall–Kier alpha value is 0.160. The molecule has 0 unspecified atom stereocenters. The minimum absolute atomic E-state index is 0. The summed E-state index contributed by atoms with van der Waals surface area (Å²) in [4.78, 5) is 18.5. The first kappa shape index (κ1) is 22.7. The van der Waals surface area contributed by atoms with E-state index in [9.17, 15) is 19.8 Å². The summed E-state index contributed by atoms with van der Waals surface area (Å²) in [6, 6.07) is 0. The number of carboxylic acid groups (broad SMARTS) is 2. The summed E-state index contributed by atoms with van der Waals surface area (Å²) in [5, 5.41) is 18.5. The first-order valence-electron chi connectivity index (χ1n) is 2.94. The van der Waals surface area contributed by atoms with Crippen molar-refractivity contribution in [2.24, 2.45) is 0 Å². The largest absolute Gasteiger partial charge is 2.00 e. The van der Waals surface area contributed by atoms with Crippen LogP contribution in [0.4, 0.5) is 0 Å². The molecular formula is C6H12CaO5. The molecule has 0 heterocycles. The third kappa shape index (κ3) is 49.3. The fourth-order valence-electron chi connectivity index (χ4n) is 0. The minimum atomic E-state index is -0.995. The zero-order valence-corrected chi connectivity index (χ0v) is 9.46. The molecule has 0 aromatic rings. The topological polar surface area (TPSA) is 112 Å². The molecule has 0 aliphatic carbocycles. The van der Waals surface area contributed by atoms with Gasteiger partial charge < -0.3 is 25.3 Å². The molecule has 0 rings (SSSR count). The fraction of sp³-hybridized carbons (Fsp3) is 0.667. The van der Waals surface area contributed by atoms with E-state index in [1.165, 1.54) is 13.8 Å². The van der Waals surface area contributed by atoms with E-state index in [-0.39, 0.29) is 56.1 Å². The van der Waals surface area contributed by atoms with E-state index in [1.807, 2.05) is 0 Å². The third-order valence-electron chi connectivity index (χ3n) is 0.577. The molecule has 5 nitrogen and oxygen atoms in total. The Morgan fingerprint density at radius 2 is 1.08 bits per heavy atom. The minimum Gasteiger partial charge on any atom is -0.550 e. The SMILES string of the molecule is CCC(=O)[O-].CCC(=O)[O-].O.[Ca+2]. The summed E-state index contributed by atoms with van der Waals surface area (Å²) in [7, 11) is 0. The summed E-state index contributed by atoms with van der Waals surface area (Å²) >= 11 is 0. The Labute approximate surface area is 101 Å². The van der Waals surface area contributed by atoms with E-state index in [0.29, 0.717) is 0 Å². The zero-order valence-electron chi connectivity index (χ0n) is 7.25. The van der Waals surface area contributed by atoms with Gasteiger partial charge in [-0.2, -0.15) is 0 Å². The number of hydrogen-bond donors (Lipinski definition) is 0. The second-order valence-electron chi connectivity index (χ2n) is 1.45. The van der Waals surface area contributed by atoms with Gasteiger partial charge in [0.1, 0.15) is 0 Å². The van der Waals surface area contributed by atoms with Gasteiger partial charge in [0.15, 0.2) is 0 Å². The molecule has 0 aliphatic heterocycles. The molecule has 2 N–H and O–H groups in total. The Balaban J connectivity index is -0.0000000457. The van der Waals surface area contributed by atoms with Gasteiger partial charge >= 0.3 is 37.7 Å². The number of rotatable bonds is 2. The van der Waals surface area contributed by atoms with Crippen molar-refractivity contribution < 1.29 is 25.3 Å². The molecule has 0 atom stereocenters. The molecule has 12 heavy (non-hydrogen) atoms. The Morgan fingerprint density at radius 1 is 1.00 bits per heavy atom. The number of hydrogen-bond acceptors (Lipinski definition) is 4. The van der Waals surface area contributed by atoms with Crippen LogP contribution >= 0.6 is 0 Å². The van der Waals surface area contributed by atoms with Gasteiger partial charge in [0.2, 0.25) is 0 Å². The van der Waals surface area contributed by atoms with Crippen molar-refractivity contribution in [2.75, 3.05) is 0 Å². The smallest absolute Gasteiger partial charge is 0.550 e. The van der Waals surface area contributed by atoms with Crippen LogP contribution in [-0.2, 0) is 9.59 Å². The molecule has 0 aliphatic rings. The normalized spacial score (nSPS) is 6.17. The van der Waals surface area contributed by atoms with Crippen LogP contribution in [0.3, 0.4) is 0 Å². The van der Waals surface area contributed by atoms with Crippen molar-refractivity contribution in [2.45, 2.75) is 26.7 Å². The fourth-order valence-corrected chi connectivity index (χ4v) is 0. The van der Waals surface area contributed by atoms with E-state index in [2.05, 4.69) is 0 Å². The first-order valence-corrected chi connectivity index (χ1v) is 2.94. The van der Waals surface area contributed by atoms with Crippen molar-refractivity contribution in [3.63, 3.8) is 0 Å². The van der Waals surface area contributed by atoms with Gasteiger partial charge in [-0.25, -0.2) is 0 Å². The molecule has 0 radical (unpaired) electrons. The van der Waals surface area contributed by atoms with Crippen molar-refractivity contribution in [1.82, 2.24) is 0 Å². The van der Waals surface area contributed by atoms with Crippen molar-refractivity contribution in [1.29, 1.82) is 0 Å². The Morgan fingerprint density at radius 3 is 1.08 bits per heavy atom. The molecular weight excluding hydrogens is 192 g/mol. The maximum Gasteiger partial charge on any atom is 2.00 e. The van der Waals surface area contributed by atoms with Crippen molar-refractivity contribution in [3.05, 3.63) is 0 Å². The van der Waals surface area contributed by atoms with Crippen molar-refractivity contribution >= 4 is 49.7 Å². The first-order chi connectivity index (χ1) is 4.54. The monoisotopic (exact) mass is 204 g/mol. The molecule has 0 saturated heterocycles. The standard InChI is InChI=1S/2C3H6O2.Ca.H2O/c2*1-2-3(4)5;;/h2*2H2,1H3,(H,4,5);;1H2/q;;+2;/p-2. The van der Waals surface area contributed by atoms with E-state index in [0.717, 1.165) is 0 Å². The van der Waals surface area contributed by atoms with Crippen molar-refractivity contribution in [3.8, 4) is 0 Å². The van der Waals surface area contributed by atoms with Gasteiger partial charge in [0.25, 0.3) is 0 Å². The molecule has 0 fully saturated rings. The summed E-state index contributed by atoms with van der Waals surface area (Å²) in [5.74, 6) is -1.99. The molecule has 0 spiro atoms. The van der Waals surface area contributed by atoms with E-state index >= 15 is 0 Å². The van der Waals surface area contributed by atoms with Crippen LogP contribution in [0.5, 0.6) is 0 Å². The number of carbonyl (C=O) groups is 2. The molecule has 6 heteroatoms. The molecule has 0 aromatic carbocycles. The molecule has 0 aromatic heterocycles. The van der Waals surface area contributed by atoms with E-state index < -0.39 is 11.9 Å². The summed E-state index contributed by atoms with van der Waals surface area (Å²) in [6.07, 6.45) is 0.222. The number of carboxylic acids is 2. The quantitative estimate of drug-likeness (QED) is 0.448. The predicted octanol–water partition coefficient (Wildman–Crippen LogP) is -2.91. The van der Waals surface area contributed by atoms with Gasteiger partial charge in [-0.05, 0) is 12.8 Å². The number of carbonyl (C=O) groups excluding carboxylic acids is 2. The zero-order chi connectivity index (χ0) is 8.57. The second-order valence-corrected chi connectivity index (χ2v) is 1.45. The molecule has 68 valence electrons. The van der Waals surface area contributed by atoms with Crippen LogP contribution in [0, 0.1) is 0 Å². The number of aliphatic carboxylic acids is 2. The van der Waals surface area contributed by atoms with E-state index in [4.69, 9.17) is 0 Å². The average Bonchev–Trinajstić information content (AvgIpc) is 1.89. The molecule has 0 bridgehead atoms. The van der Waals surface area contributed by atoms with Gasteiger partial charge in [0.05, 0.1) is 0 Å². The second kappa shape index (κ2) is 17.3. The Bertz CT molecular complexity index is 101. The average molecular weight is 204 g/mol. The summed E-state index contributed by atoms with van der Waals surface area (Å²) in [5.41, 5.74) is 0. The van der Waals surface area contributed by atoms with Gasteiger partial charge in [-0.3, -0.25) is 0 Å². The molecule has 0 amide bonds. The maximum atomic E-state index is 9.26. The van der Waals surface area contributed by atoms with Crippen LogP contribution in [0.25, 0.3) is 0 Å². The van der Waals surface area contributed by atoms with Gasteiger partial charge in [-0.1, -0.05) is 13.8 Å². The third-order valence-corrected chi connectivity index (χ3v) is 0.577. The van der Waals surface area contributed by atoms with Crippen LogP contribution in [0.2, 0.25) is 0 Å². The van der Waals surface area contributed by atoms with Gasteiger partial charge in [0, 0.05) is 11.9 Å². The predicted molar refractivity (Wildman–Crippen MR) is 40.0 cm³/mol. The summed E-state index contributed by atoms with van der Waals surface area (Å²) < 4.78 is 0. The van der Waals surface area contributed by atoms with Crippen LogP contribution in [0.1, 0.15) is 26.7 Å². The molecule has 0 saturated carbocycles. The van der Waals surface area contributed by atoms with Gasteiger partial charge in [-0.15, -0.1) is 0 Å². The van der Waals surface area contributed by atoms with Crippen LogP contribution < -0.4 is 10.2 Å². The Kier molecular flexibility index (Phi) is 32.8. The summed E-state index contributed by atoms with van der Waals surface area (Å²) in [6.45, 7) is 3.07. The van der Waals surface area contributed by atoms with Crippen LogP contribution in [-0.4, -0.2) is 55.2 Å². The van der Waals surface area contributed by atoms with Crippen LogP contribution in [0.15, 0.2) is 0 Å². The maximum absolute atomic E-state index is 9.26.